The number of fused-ring (bicyclic) bond motifs is 1. The molecule has 17 heavy (non-hydrogen) atoms. The Balaban J connectivity index is 2.24. The van der Waals surface area contributed by atoms with E-state index in [0.717, 1.165) is 5.69 Å². The first-order chi connectivity index (χ1) is 8.09. The van der Waals surface area contributed by atoms with Gasteiger partial charge in [0.25, 0.3) is 0 Å². The van der Waals surface area contributed by atoms with Crippen molar-refractivity contribution in [2.45, 2.75) is 13.0 Å². The van der Waals surface area contributed by atoms with Crippen molar-refractivity contribution in [2.75, 3.05) is 25.2 Å². The summed E-state index contributed by atoms with van der Waals surface area (Å²) in [6.45, 7) is 2.71. The molecule has 1 unspecified atom stereocenters. The monoisotopic (exact) mass is 237 g/mol. The van der Waals surface area contributed by atoms with Gasteiger partial charge in [-0.15, -0.1) is 0 Å². The number of ether oxygens (including phenoxy) is 2. The minimum atomic E-state index is -0.859. The van der Waals surface area contributed by atoms with Crippen LogP contribution in [-0.2, 0) is 4.79 Å². The Morgan fingerprint density at radius 2 is 2.00 bits per heavy atom. The lowest BCUT2D eigenvalue weighted by atomic mass is 10.2. The number of hydrogen-bond acceptors (Lipinski definition) is 4. The van der Waals surface area contributed by atoms with Gasteiger partial charge in [-0.3, -0.25) is 0 Å². The van der Waals surface area contributed by atoms with E-state index in [1.165, 1.54) is 0 Å². The van der Waals surface area contributed by atoms with Gasteiger partial charge in [0.2, 0.25) is 0 Å². The van der Waals surface area contributed by atoms with Crippen molar-refractivity contribution in [1.29, 1.82) is 0 Å². The second-order valence-corrected chi connectivity index (χ2v) is 3.95. The van der Waals surface area contributed by atoms with Crippen LogP contribution in [0.15, 0.2) is 18.2 Å². The Hall–Kier alpha value is -1.91. The largest absolute Gasteiger partial charge is 0.486 e. The summed E-state index contributed by atoms with van der Waals surface area (Å²) in [7, 11) is 1.74. The highest BCUT2D eigenvalue weighted by Gasteiger charge is 2.19. The van der Waals surface area contributed by atoms with Gasteiger partial charge in [-0.05, 0) is 19.1 Å². The van der Waals surface area contributed by atoms with E-state index in [9.17, 15) is 4.79 Å². The van der Waals surface area contributed by atoms with Crippen molar-refractivity contribution < 1.29 is 19.4 Å². The van der Waals surface area contributed by atoms with E-state index < -0.39 is 12.0 Å². The maximum Gasteiger partial charge on any atom is 0.326 e. The Kier molecular flexibility index (Phi) is 3.08. The smallest absolute Gasteiger partial charge is 0.326 e. The summed E-state index contributed by atoms with van der Waals surface area (Å²) < 4.78 is 10.9. The van der Waals surface area contributed by atoms with Crippen molar-refractivity contribution in [3.63, 3.8) is 0 Å². The highest BCUT2D eigenvalue weighted by molar-refractivity contribution is 5.77. The number of aliphatic carboxylic acids is 1. The van der Waals surface area contributed by atoms with Crippen LogP contribution in [0, 0.1) is 0 Å². The fourth-order valence-corrected chi connectivity index (χ4v) is 1.64. The van der Waals surface area contributed by atoms with Gasteiger partial charge in [-0.2, -0.15) is 0 Å². The highest BCUT2D eigenvalue weighted by atomic mass is 16.6. The number of rotatable bonds is 3. The third-order valence-electron chi connectivity index (χ3n) is 2.87. The van der Waals surface area contributed by atoms with Crippen molar-refractivity contribution in [3.8, 4) is 11.5 Å². The van der Waals surface area contributed by atoms with Crippen LogP contribution in [0.25, 0.3) is 0 Å². The standard InChI is InChI=1S/C12H15NO4/c1-8(12(14)15)13(2)9-3-4-10-11(7-9)17-6-5-16-10/h3-4,7-8H,5-6H2,1-2H3,(H,14,15). The van der Waals surface area contributed by atoms with Crippen LogP contribution in [0.2, 0.25) is 0 Å². The second-order valence-electron chi connectivity index (χ2n) is 3.95. The summed E-state index contributed by atoms with van der Waals surface area (Å²) in [6.07, 6.45) is 0. The first kappa shape index (κ1) is 11.6. The van der Waals surface area contributed by atoms with E-state index in [1.54, 1.807) is 31.0 Å². The van der Waals surface area contributed by atoms with Gasteiger partial charge in [0.05, 0.1) is 0 Å². The maximum atomic E-state index is 10.9. The average molecular weight is 237 g/mol. The Morgan fingerprint density at radius 1 is 1.35 bits per heavy atom. The molecule has 0 bridgehead atoms. The molecule has 0 saturated carbocycles. The van der Waals surface area contributed by atoms with Gasteiger partial charge >= 0.3 is 5.97 Å². The molecule has 5 nitrogen and oxygen atoms in total. The lowest BCUT2D eigenvalue weighted by Gasteiger charge is -2.26. The molecule has 0 aromatic heterocycles. The molecule has 1 aliphatic rings. The van der Waals surface area contributed by atoms with Crippen LogP contribution in [-0.4, -0.2) is 37.4 Å². The highest BCUT2D eigenvalue weighted by Crippen LogP contribution is 2.34. The number of hydrogen-bond donors (Lipinski definition) is 1. The third-order valence-corrected chi connectivity index (χ3v) is 2.87. The normalized spacial score (nSPS) is 15.2. The van der Waals surface area contributed by atoms with Gasteiger partial charge in [-0.1, -0.05) is 0 Å². The van der Waals surface area contributed by atoms with Crippen LogP contribution in [0.3, 0.4) is 0 Å². The van der Waals surface area contributed by atoms with E-state index in [-0.39, 0.29) is 0 Å². The number of anilines is 1. The van der Waals surface area contributed by atoms with Gasteiger partial charge < -0.3 is 19.5 Å². The molecule has 0 saturated heterocycles. The summed E-state index contributed by atoms with van der Waals surface area (Å²) in [4.78, 5) is 12.6. The minimum absolute atomic E-state index is 0.522. The number of likely N-dealkylation sites (N-methyl/N-ethyl adjacent to an activating group) is 1. The number of carbonyl (C=O) groups is 1. The van der Waals surface area contributed by atoms with Gasteiger partial charge in [0.15, 0.2) is 11.5 Å². The van der Waals surface area contributed by atoms with E-state index in [2.05, 4.69) is 0 Å². The van der Waals surface area contributed by atoms with Crippen molar-refractivity contribution in [3.05, 3.63) is 18.2 Å². The molecule has 1 aromatic carbocycles. The summed E-state index contributed by atoms with van der Waals surface area (Å²) in [5.74, 6) is 0.511. The minimum Gasteiger partial charge on any atom is -0.486 e. The van der Waals surface area contributed by atoms with Crippen LogP contribution in [0.5, 0.6) is 11.5 Å². The van der Waals surface area contributed by atoms with Crippen LogP contribution < -0.4 is 14.4 Å². The number of carboxylic acid groups (broad SMARTS) is 1. The van der Waals surface area contributed by atoms with E-state index in [4.69, 9.17) is 14.6 Å². The molecule has 0 fully saturated rings. The molecule has 0 spiro atoms. The van der Waals surface area contributed by atoms with Crippen molar-refractivity contribution >= 4 is 11.7 Å². The first-order valence-electron chi connectivity index (χ1n) is 5.45. The molecular formula is C12H15NO4. The third kappa shape index (κ3) is 2.27. The van der Waals surface area contributed by atoms with Crippen molar-refractivity contribution in [1.82, 2.24) is 0 Å². The quantitative estimate of drug-likeness (QED) is 0.860. The molecule has 1 aromatic rings. The number of carboxylic acids is 1. The van der Waals surface area contributed by atoms with E-state index in [1.807, 2.05) is 6.07 Å². The SMILES string of the molecule is CC(C(=O)O)N(C)c1ccc2c(c1)OCCO2. The molecule has 5 heteroatoms. The van der Waals surface area contributed by atoms with Crippen LogP contribution in [0.1, 0.15) is 6.92 Å². The van der Waals surface area contributed by atoms with Crippen LogP contribution >= 0.6 is 0 Å². The summed E-state index contributed by atoms with van der Waals surface area (Å²) in [5.41, 5.74) is 0.796. The predicted octanol–water partition coefficient (Wildman–Crippen LogP) is 1.37. The lowest BCUT2D eigenvalue weighted by Crippen LogP contribution is -2.35. The lowest BCUT2D eigenvalue weighted by molar-refractivity contribution is -0.138. The zero-order valence-corrected chi connectivity index (χ0v) is 9.84. The van der Waals surface area contributed by atoms with E-state index in [0.29, 0.717) is 24.7 Å². The topological polar surface area (TPSA) is 59.0 Å². The molecular weight excluding hydrogens is 222 g/mol. The summed E-state index contributed by atoms with van der Waals surface area (Å²) in [6, 6.07) is 4.84. The molecule has 1 heterocycles. The Morgan fingerprint density at radius 3 is 2.65 bits per heavy atom. The zero-order valence-electron chi connectivity index (χ0n) is 9.84. The van der Waals surface area contributed by atoms with Gasteiger partial charge in [0, 0.05) is 18.8 Å². The maximum absolute atomic E-state index is 10.9. The Labute approximate surface area is 99.6 Å². The number of nitrogens with zero attached hydrogens (tertiary/aromatic N) is 1. The van der Waals surface area contributed by atoms with Gasteiger partial charge in [0.1, 0.15) is 19.3 Å². The molecule has 0 amide bonds. The van der Waals surface area contributed by atoms with E-state index >= 15 is 0 Å². The number of benzene rings is 1. The fourth-order valence-electron chi connectivity index (χ4n) is 1.64. The van der Waals surface area contributed by atoms with Gasteiger partial charge in [-0.25, -0.2) is 4.79 Å². The summed E-state index contributed by atoms with van der Waals surface area (Å²) in [5, 5.41) is 8.95. The molecule has 92 valence electrons. The molecule has 1 aliphatic heterocycles. The molecule has 2 rings (SSSR count). The second kappa shape index (κ2) is 4.53. The van der Waals surface area contributed by atoms with Crippen LogP contribution in [0.4, 0.5) is 5.69 Å². The first-order valence-corrected chi connectivity index (χ1v) is 5.45. The van der Waals surface area contributed by atoms with Crippen molar-refractivity contribution in [2.24, 2.45) is 0 Å². The molecule has 0 aliphatic carbocycles. The predicted molar refractivity (Wildman–Crippen MR) is 62.9 cm³/mol. The molecule has 1 atom stereocenters. The summed E-state index contributed by atoms with van der Waals surface area (Å²) >= 11 is 0. The zero-order chi connectivity index (χ0) is 12.4. The Bertz CT molecular complexity index is 433. The molecule has 1 N–H and O–H groups in total. The molecule has 0 radical (unpaired) electrons. The average Bonchev–Trinajstić information content (AvgIpc) is 2.36. The fraction of sp³-hybridized carbons (Fsp3) is 0.417.